The molecule has 1 aliphatic rings. The molecule has 5 nitrogen and oxygen atoms in total. The highest BCUT2D eigenvalue weighted by atomic mass is 16.5. The molecule has 0 radical (unpaired) electrons. The number of nitrogens with zero attached hydrogens (tertiary/aromatic N) is 2. The van der Waals surface area contributed by atoms with Gasteiger partial charge in [-0.2, -0.15) is 0 Å². The van der Waals surface area contributed by atoms with Crippen LogP contribution in [0.1, 0.15) is 44.6 Å². The van der Waals surface area contributed by atoms with E-state index in [9.17, 15) is 0 Å². The average molecular weight is 361 g/mol. The Morgan fingerprint density at radius 3 is 2.65 bits per heavy atom. The van der Waals surface area contributed by atoms with Crippen LogP contribution >= 0.6 is 0 Å². The number of hydrogen-bond donors (Lipinski definition) is 2. The van der Waals surface area contributed by atoms with E-state index in [1.54, 1.807) is 0 Å². The molecular weight excluding hydrogens is 324 g/mol. The fourth-order valence-electron chi connectivity index (χ4n) is 3.31. The van der Waals surface area contributed by atoms with E-state index in [2.05, 4.69) is 51.7 Å². The van der Waals surface area contributed by atoms with Gasteiger partial charge < -0.3 is 20.3 Å². The van der Waals surface area contributed by atoms with Crippen LogP contribution in [0.15, 0.2) is 35.3 Å². The Kier molecular flexibility index (Phi) is 10.1. The molecule has 0 bridgehead atoms. The highest BCUT2D eigenvalue weighted by Crippen LogP contribution is 2.10. The van der Waals surface area contributed by atoms with E-state index in [1.807, 2.05) is 13.1 Å². The summed E-state index contributed by atoms with van der Waals surface area (Å²) in [5.41, 5.74) is 1.24. The molecule has 0 spiro atoms. The van der Waals surface area contributed by atoms with Crippen LogP contribution in [0.4, 0.5) is 0 Å². The van der Waals surface area contributed by atoms with Gasteiger partial charge in [-0.25, -0.2) is 0 Å². The quantitative estimate of drug-likeness (QED) is 0.383. The lowest BCUT2D eigenvalue weighted by molar-refractivity contribution is 0.117. The van der Waals surface area contributed by atoms with Gasteiger partial charge in [0.2, 0.25) is 0 Å². The van der Waals surface area contributed by atoms with Crippen molar-refractivity contribution in [1.82, 2.24) is 15.5 Å². The number of nitrogens with one attached hydrogen (secondary N) is 2. The molecule has 26 heavy (non-hydrogen) atoms. The van der Waals surface area contributed by atoms with Crippen molar-refractivity contribution in [2.24, 2.45) is 4.99 Å². The van der Waals surface area contributed by atoms with Crippen LogP contribution in [-0.2, 0) is 11.3 Å². The van der Waals surface area contributed by atoms with Gasteiger partial charge >= 0.3 is 0 Å². The van der Waals surface area contributed by atoms with Gasteiger partial charge in [0, 0.05) is 39.3 Å². The first-order valence-electron chi connectivity index (χ1n) is 10.1. The number of piperidine rings is 1. The van der Waals surface area contributed by atoms with Crippen molar-refractivity contribution in [3.63, 3.8) is 0 Å². The first-order chi connectivity index (χ1) is 12.8. The maximum Gasteiger partial charge on any atom is 0.191 e. The molecule has 1 aromatic carbocycles. The summed E-state index contributed by atoms with van der Waals surface area (Å²) in [7, 11) is 1.85. The maximum absolute atomic E-state index is 5.73. The van der Waals surface area contributed by atoms with Crippen LogP contribution in [0.5, 0.6) is 0 Å². The second-order valence-electron chi connectivity index (χ2n) is 7.00. The zero-order chi connectivity index (χ0) is 18.5. The van der Waals surface area contributed by atoms with Crippen LogP contribution in [0.3, 0.4) is 0 Å². The summed E-state index contributed by atoms with van der Waals surface area (Å²) in [4.78, 5) is 6.92. The van der Waals surface area contributed by atoms with Gasteiger partial charge in [-0.05, 0) is 44.2 Å². The van der Waals surface area contributed by atoms with Gasteiger partial charge in [-0.1, -0.05) is 37.3 Å². The van der Waals surface area contributed by atoms with Gasteiger partial charge in [-0.3, -0.25) is 4.99 Å². The van der Waals surface area contributed by atoms with Crippen molar-refractivity contribution >= 4 is 5.96 Å². The molecule has 146 valence electrons. The minimum Gasteiger partial charge on any atom is -0.377 e. The summed E-state index contributed by atoms with van der Waals surface area (Å²) >= 11 is 0. The number of benzene rings is 1. The molecule has 1 heterocycles. The van der Waals surface area contributed by atoms with Crippen molar-refractivity contribution in [2.75, 3.05) is 39.8 Å². The molecule has 2 N–H and O–H groups in total. The minimum atomic E-state index is 0.545. The van der Waals surface area contributed by atoms with Crippen LogP contribution in [-0.4, -0.2) is 56.7 Å². The highest BCUT2D eigenvalue weighted by molar-refractivity contribution is 5.79. The van der Waals surface area contributed by atoms with Crippen LogP contribution < -0.4 is 10.6 Å². The van der Waals surface area contributed by atoms with Gasteiger partial charge in [0.15, 0.2) is 5.96 Å². The molecule has 0 aliphatic carbocycles. The van der Waals surface area contributed by atoms with Crippen LogP contribution in [0.2, 0.25) is 0 Å². The molecule has 2 rings (SSSR count). The first-order valence-corrected chi connectivity index (χ1v) is 10.1. The van der Waals surface area contributed by atoms with Crippen LogP contribution in [0.25, 0.3) is 0 Å². The van der Waals surface area contributed by atoms with Gasteiger partial charge in [0.25, 0.3) is 0 Å². The Morgan fingerprint density at radius 2 is 1.96 bits per heavy atom. The number of rotatable bonds is 10. The highest BCUT2D eigenvalue weighted by Gasteiger charge is 2.19. The molecular formula is C21H36N4O. The number of hydrogen-bond acceptors (Lipinski definition) is 3. The second kappa shape index (κ2) is 12.7. The predicted molar refractivity (Wildman–Crippen MR) is 110 cm³/mol. The topological polar surface area (TPSA) is 48.9 Å². The molecule has 1 fully saturated rings. The maximum atomic E-state index is 5.73. The van der Waals surface area contributed by atoms with E-state index in [-0.39, 0.29) is 0 Å². The summed E-state index contributed by atoms with van der Waals surface area (Å²) in [6.45, 7) is 8.31. The van der Waals surface area contributed by atoms with E-state index < -0.39 is 0 Å². The summed E-state index contributed by atoms with van der Waals surface area (Å²) in [6.07, 6.45) is 5.80. The van der Waals surface area contributed by atoms with E-state index in [0.29, 0.717) is 12.6 Å². The summed E-state index contributed by atoms with van der Waals surface area (Å²) in [5, 5.41) is 7.00. The summed E-state index contributed by atoms with van der Waals surface area (Å²) in [5.74, 6) is 0.934. The molecule has 1 aromatic rings. The standard InChI is InChI=1S/C21H36N4O/c1-3-14-25-15-11-20(12-16-25)24-21(22-2)23-13-7-8-17-26-18-19-9-5-4-6-10-19/h4-6,9-10,20H,3,7-8,11-18H2,1-2H3,(H2,22,23,24). The lowest BCUT2D eigenvalue weighted by Gasteiger charge is -2.32. The predicted octanol–water partition coefficient (Wildman–Crippen LogP) is 3.02. The zero-order valence-corrected chi connectivity index (χ0v) is 16.5. The molecule has 5 heteroatoms. The SMILES string of the molecule is CCCN1CCC(NC(=NC)NCCCCOCc2ccccc2)CC1. The minimum absolute atomic E-state index is 0.545. The van der Waals surface area contributed by atoms with Crippen molar-refractivity contribution in [2.45, 2.75) is 51.7 Å². The Bertz CT molecular complexity index is 498. The lowest BCUT2D eigenvalue weighted by Crippen LogP contribution is -2.48. The smallest absolute Gasteiger partial charge is 0.191 e. The molecule has 0 aromatic heterocycles. The fraction of sp³-hybridized carbons (Fsp3) is 0.667. The van der Waals surface area contributed by atoms with Gasteiger partial charge in [0.1, 0.15) is 0 Å². The molecule has 1 aliphatic heterocycles. The van der Waals surface area contributed by atoms with Crippen LogP contribution in [0, 0.1) is 0 Å². The number of likely N-dealkylation sites (tertiary alicyclic amines) is 1. The molecule has 0 unspecified atom stereocenters. The third-order valence-corrected chi connectivity index (χ3v) is 4.81. The number of guanidine groups is 1. The molecule has 1 saturated heterocycles. The average Bonchev–Trinajstić information content (AvgIpc) is 2.68. The van der Waals surface area contributed by atoms with Gasteiger partial charge in [-0.15, -0.1) is 0 Å². The molecule has 0 amide bonds. The normalized spacial score (nSPS) is 16.6. The lowest BCUT2D eigenvalue weighted by atomic mass is 10.1. The number of aliphatic imine (C=N–C) groups is 1. The Balaban J connectivity index is 1.50. The Labute approximate surface area is 159 Å². The second-order valence-corrected chi connectivity index (χ2v) is 7.00. The van der Waals surface area contributed by atoms with Crippen molar-refractivity contribution < 1.29 is 4.74 Å². The largest absolute Gasteiger partial charge is 0.377 e. The molecule has 0 saturated carbocycles. The van der Waals surface area contributed by atoms with E-state index in [4.69, 9.17) is 4.74 Å². The number of ether oxygens (including phenoxy) is 1. The first kappa shape index (κ1) is 20.7. The van der Waals surface area contributed by atoms with Crippen molar-refractivity contribution in [3.8, 4) is 0 Å². The van der Waals surface area contributed by atoms with Crippen molar-refractivity contribution in [1.29, 1.82) is 0 Å². The van der Waals surface area contributed by atoms with E-state index in [0.717, 1.165) is 32.0 Å². The third kappa shape index (κ3) is 8.19. The summed E-state index contributed by atoms with van der Waals surface area (Å²) in [6, 6.07) is 10.9. The van der Waals surface area contributed by atoms with Crippen molar-refractivity contribution in [3.05, 3.63) is 35.9 Å². The Morgan fingerprint density at radius 1 is 1.19 bits per heavy atom. The third-order valence-electron chi connectivity index (χ3n) is 4.81. The Hall–Kier alpha value is -1.59. The summed E-state index contributed by atoms with van der Waals surface area (Å²) < 4.78 is 5.73. The zero-order valence-electron chi connectivity index (χ0n) is 16.5. The monoisotopic (exact) mass is 360 g/mol. The molecule has 0 atom stereocenters. The van der Waals surface area contributed by atoms with Gasteiger partial charge in [0.05, 0.1) is 6.61 Å². The number of unbranched alkanes of at least 4 members (excludes halogenated alkanes) is 1. The fourth-order valence-corrected chi connectivity index (χ4v) is 3.31. The van der Waals surface area contributed by atoms with E-state index in [1.165, 1.54) is 44.5 Å². The van der Waals surface area contributed by atoms with E-state index >= 15 is 0 Å².